The Morgan fingerprint density at radius 2 is 1.34 bits per heavy atom. The predicted molar refractivity (Wildman–Crippen MR) is 143 cm³/mol. The first-order valence-electron chi connectivity index (χ1n) is 13.2. The minimum absolute atomic E-state index is 0.0682. The molecule has 3 atom stereocenters. The van der Waals surface area contributed by atoms with E-state index in [1.54, 1.807) is 68.7 Å². The van der Waals surface area contributed by atoms with Crippen molar-refractivity contribution < 1.29 is 28.6 Å². The first-order chi connectivity index (χ1) is 18.4. The number of hydrogen-bond donors (Lipinski definition) is 2. The van der Waals surface area contributed by atoms with Crippen molar-refractivity contribution in [1.82, 2.24) is 15.5 Å². The van der Waals surface area contributed by atoms with Crippen LogP contribution in [0.2, 0.25) is 0 Å². The summed E-state index contributed by atoms with van der Waals surface area (Å²) in [6.45, 7) is 0.936. The summed E-state index contributed by atoms with van der Waals surface area (Å²) in [4.78, 5) is 41.2. The molecule has 38 heavy (non-hydrogen) atoms. The first-order valence-corrected chi connectivity index (χ1v) is 13.2. The van der Waals surface area contributed by atoms with Crippen LogP contribution in [0.1, 0.15) is 59.2 Å². The van der Waals surface area contributed by atoms with Gasteiger partial charge in [-0.15, -0.1) is 0 Å². The summed E-state index contributed by atoms with van der Waals surface area (Å²) in [5.41, 5.74) is 1.02. The van der Waals surface area contributed by atoms with Gasteiger partial charge in [0.2, 0.25) is 5.91 Å². The summed E-state index contributed by atoms with van der Waals surface area (Å²) in [6.07, 6.45) is 5.06. The molecule has 2 fully saturated rings. The van der Waals surface area contributed by atoms with Crippen molar-refractivity contribution in [2.75, 3.05) is 34.4 Å². The third kappa shape index (κ3) is 6.57. The van der Waals surface area contributed by atoms with Gasteiger partial charge in [-0.25, -0.2) is 0 Å². The van der Waals surface area contributed by atoms with Crippen molar-refractivity contribution in [2.24, 2.45) is 5.92 Å². The number of likely N-dealkylation sites (tertiary alicyclic amines) is 1. The Labute approximate surface area is 223 Å². The molecule has 1 aliphatic carbocycles. The van der Waals surface area contributed by atoms with Gasteiger partial charge in [0.15, 0.2) is 0 Å². The Morgan fingerprint density at radius 3 is 1.95 bits per heavy atom. The summed E-state index contributed by atoms with van der Waals surface area (Å²) in [5, 5.41) is 6.32. The topological polar surface area (TPSA) is 106 Å². The Hall–Kier alpha value is -3.75. The van der Waals surface area contributed by atoms with Crippen LogP contribution in [0.15, 0.2) is 42.5 Å². The molecule has 0 aromatic heterocycles. The number of amides is 3. The molecule has 2 aromatic rings. The Kier molecular flexibility index (Phi) is 9.10. The molecule has 2 aliphatic rings. The summed E-state index contributed by atoms with van der Waals surface area (Å²) in [7, 11) is 4.67. The van der Waals surface area contributed by atoms with Crippen LogP contribution in [0.4, 0.5) is 0 Å². The van der Waals surface area contributed by atoms with E-state index in [4.69, 9.17) is 14.2 Å². The van der Waals surface area contributed by atoms with E-state index in [2.05, 4.69) is 10.6 Å². The molecule has 0 spiro atoms. The first kappa shape index (κ1) is 27.3. The fourth-order valence-electron chi connectivity index (χ4n) is 5.26. The van der Waals surface area contributed by atoms with Crippen LogP contribution >= 0.6 is 0 Å². The molecular formula is C29H37N3O6. The number of carbonyl (C=O) groups is 3. The molecule has 4 rings (SSSR count). The van der Waals surface area contributed by atoms with Gasteiger partial charge in [0, 0.05) is 42.4 Å². The lowest BCUT2D eigenvalue weighted by Crippen LogP contribution is -2.55. The summed E-state index contributed by atoms with van der Waals surface area (Å²) in [6, 6.07) is 11.8. The standard InChI is InChI=1S/C29H37N3O6/c1-36-22-12-10-19(11-13-22)27(33)30-25-8-4-5-9-26(25)31-28(34)20-7-6-14-32(18-20)29(35)21-15-23(37-2)17-24(16-21)38-3/h10-13,15-17,20,25-26H,4-9,14,18H2,1-3H3,(H,30,33)(H,31,34)/t20?,25-,26?/m1/s1. The van der Waals surface area contributed by atoms with Gasteiger partial charge >= 0.3 is 0 Å². The zero-order valence-corrected chi connectivity index (χ0v) is 22.3. The van der Waals surface area contributed by atoms with Crippen LogP contribution in [-0.4, -0.2) is 69.1 Å². The summed E-state index contributed by atoms with van der Waals surface area (Å²) >= 11 is 0. The molecule has 1 heterocycles. The van der Waals surface area contributed by atoms with Crippen LogP contribution in [0.5, 0.6) is 17.2 Å². The molecule has 3 amide bonds. The van der Waals surface area contributed by atoms with E-state index in [-0.39, 0.29) is 35.7 Å². The minimum Gasteiger partial charge on any atom is -0.497 e. The maximum Gasteiger partial charge on any atom is 0.254 e. The monoisotopic (exact) mass is 523 g/mol. The van der Waals surface area contributed by atoms with Crippen LogP contribution in [-0.2, 0) is 4.79 Å². The highest BCUT2D eigenvalue weighted by molar-refractivity contribution is 5.96. The largest absolute Gasteiger partial charge is 0.497 e. The minimum atomic E-state index is -0.305. The highest BCUT2D eigenvalue weighted by atomic mass is 16.5. The number of carbonyl (C=O) groups excluding carboxylic acids is 3. The van der Waals surface area contributed by atoms with Crippen LogP contribution in [0.3, 0.4) is 0 Å². The molecule has 9 nitrogen and oxygen atoms in total. The molecule has 2 unspecified atom stereocenters. The second-order valence-electron chi connectivity index (χ2n) is 9.90. The van der Waals surface area contributed by atoms with E-state index in [0.717, 1.165) is 32.1 Å². The van der Waals surface area contributed by atoms with Crippen molar-refractivity contribution in [1.29, 1.82) is 0 Å². The Bertz CT molecular complexity index is 1110. The van der Waals surface area contributed by atoms with E-state index < -0.39 is 0 Å². The van der Waals surface area contributed by atoms with Gasteiger partial charge in [0.25, 0.3) is 11.8 Å². The van der Waals surface area contributed by atoms with Crippen LogP contribution in [0.25, 0.3) is 0 Å². The lowest BCUT2D eigenvalue weighted by Gasteiger charge is -2.36. The highest BCUT2D eigenvalue weighted by Crippen LogP contribution is 2.26. The molecule has 2 N–H and O–H groups in total. The van der Waals surface area contributed by atoms with E-state index in [1.165, 1.54) is 0 Å². The molecule has 204 valence electrons. The number of ether oxygens (including phenoxy) is 3. The van der Waals surface area contributed by atoms with Gasteiger partial charge in [-0.05, 0) is 62.1 Å². The number of nitrogens with zero attached hydrogens (tertiary/aromatic N) is 1. The smallest absolute Gasteiger partial charge is 0.254 e. The van der Waals surface area contributed by atoms with Crippen molar-refractivity contribution in [3.8, 4) is 17.2 Å². The van der Waals surface area contributed by atoms with Crippen molar-refractivity contribution >= 4 is 17.7 Å². The predicted octanol–water partition coefficient (Wildman–Crippen LogP) is 3.42. The lowest BCUT2D eigenvalue weighted by molar-refractivity contribution is -0.127. The third-order valence-electron chi connectivity index (χ3n) is 7.44. The fraction of sp³-hybridized carbons (Fsp3) is 0.483. The van der Waals surface area contributed by atoms with Gasteiger partial charge in [0.05, 0.1) is 27.2 Å². The number of hydrogen-bond acceptors (Lipinski definition) is 6. The van der Waals surface area contributed by atoms with Crippen LogP contribution < -0.4 is 24.8 Å². The highest BCUT2D eigenvalue weighted by Gasteiger charge is 2.33. The van der Waals surface area contributed by atoms with Crippen LogP contribution in [0, 0.1) is 5.92 Å². The molecule has 1 saturated heterocycles. The molecule has 9 heteroatoms. The van der Waals surface area contributed by atoms with E-state index >= 15 is 0 Å². The third-order valence-corrected chi connectivity index (χ3v) is 7.44. The van der Waals surface area contributed by atoms with Crippen molar-refractivity contribution in [3.05, 3.63) is 53.6 Å². The molecule has 0 bridgehead atoms. The van der Waals surface area contributed by atoms with Gasteiger partial charge in [0.1, 0.15) is 17.2 Å². The number of benzene rings is 2. The normalized spacial score (nSPS) is 21.2. The summed E-state index contributed by atoms with van der Waals surface area (Å²) < 4.78 is 15.8. The van der Waals surface area contributed by atoms with Gasteiger partial charge in [-0.2, -0.15) is 0 Å². The maximum absolute atomic E-state index is 13.3. The second-order valence-corrected chi connectivity index (χ2v) is 9.90. The number of methoxy groups -OCH3 is 3. The van der Waals surface area contributed by atoms with Gasteiger partial charge in [-0.3, -0.25) is 14.4 Å². The zero-order chi connectivity index (χ0) is 27.1. The molecule has 1 saturated carbocycles. The second kappa shape index (κ2) is 12.7. The van der Waals surface area contributed by atoms with E-state index in [9.17, 15) is 14.4 Å². The van der Waals surface area contributed by atoms with Gasteiger partial charge in [-0.1, -0.05) is 12.8 Å². The molecule has 0 radical (unpaired) electrons. The Morgan fingerprint density at radius 1 is 0.737 bits per heavy atom. The zero-order valence-electron chi connectivity index (χ0n) is 22.3. The molecular weight excluding hydrogens is 486 g/mol. The van der Waals surface area contributed by atoms with Crippen molar-refractivity contribution in [3.63, 3.8) is 0 Å². The van der Waals surface area contributed by atoms with Gasteiger partial charge < -0.3 is 29.7 Å². The van der Waals surface area contributed by atoms with Crippen molar-refractivity contribution in [2.45, 2.75) is 50.6 Å². The number of nitrogens with one attached hydrogen (secondary N) is 2. The molecule has 2 aromatic carbocycles. The summed E-state index contributed by atoms with van der Waals surface area (Å²) in [5.74, 6) is 1.08. The van der Waals surface area contributed by atoms with E-state index in [1.807, 2.05) is 0 Å². The SMILES string of the molecule is COc1ccc(C(=O)N[C@@H]2CCCCC2NC(=O)C2CCCN(C(=O)c3cc(OC)cc(OC)c3)C2)cc1. The number of piperidine rings is 1. The fourth-order valence-corrected chi connectivity index (χ4v) is 5.26. The average Bonchev–Trinajstić information content (AvgIpc) is 2.97. The maximum atomic E-state index is 13.3. The number of rotatable bonds is 8. The quantitative estimate of drug-likeness (QED) is 0.549. The Balaban J connectivity index is 1.38. The molecule has 1 aliphatic heterocycles. The lowest BCUT2D eigenvalue weighted by atomic mass is 9.88. The van der Waals surface area contributed by atoms with E-state index in [0.29, 0.717) is 47.9 Å². The average molecular weight is 524 g/mol.